The lowest BCUT2D eigenvalue weighted by molar-refractivity contribution is 0.125. The Hall–Kier alpha value is -0.0600. The molecule has 2 rings (SSSR count). The largest absolute Gasteiger partial charge is 0.492 e. The van der Waals surface area contributed by atoms with Crippen LogP contribution in [-0.2, 0) is 0 Å². The lowest BCUT2D eigenvalue weighted by Crippen LogP contribution is -2.25. The van der Waals surface area contributed by atoms with Crippen LogP contribution >= 0.6 is 31.9 Å². The van der Waals surface area contributed by atoms with Crippen LogP contribution in [0.3, 0.4) is 0 Å². The van der Waals surface area contributed by atoms with E-state index in [2.05, 4.69) is 31.9 Å². The van der Waals surface area contributed by atoms with E-state index in [-0.39, 0.29) is 4.83 Å². The summed E-state index contributed by atoms with van der Waals surface area (Å²) >= 11 is 6.82. The Morgan fingerprint density at radius 2 is 2.21 bits per heavy atom. The van der Waals surface area contributed by atoms with E-state index >= 15 is 0 Å². The number of hydrogen-bond acceptors (Lipinski definition) is 2. The Morgan fingerprint density at radius 1 is 1.50 bits per heavy atom. The average Bonchev–Trinajstić information content (AvgIpc) is 2.15. The second-order valence-electron chi connectivity index (χ2n) is 3.41. The second-order valence-corrected chi connectivity index (χ2v) is 5.44. The van der Waals surface area contributed by atoms with E-state index in [1.165, 1.54) is 0 Å². The first kappa shape index (κ1) is 10.5. The number of aliphatic hydroxyl groups is 1. The molecule has 4 heteroatoms. The molecule has 2 nitrogen and oxygen atoms in total. The molecule has 76 valence electrons. The van der Waals surface area contributed by atoms with E-state index in [0.29, 0.717) is 6.61 Å². The third-order valence-electron chi connectivity index (χ3n) is 2.35. The van der Waals surface area contributed by atoms with E-state index in [9.17, 15) is 5.11 Å². The molecule has 0 radical (unpaired) electrons. The molecule has 0 aromatic heterocycles. The fourth-order valence-electron chi connectivity index (χ4n) is 1.50. The zero-order valence-electron chi connectivity index (χ0n) is 7.63. The van der Waals surface area contributed by atoms with Gasteiger partial charge in [0.15, 0.2) is 0 Å². The first-order chi connectivity index (χ1) is 6.59. The van der Waals surface area contributed by atoms with Crippen molar-refractivity contribution in [3.8, 4) is 5.75 Å². The minimum Gasteiger partial charge on any atom is -0.492 e. The molecule has 0 spiro atoms. The van der Waals surface area contributed by atoms with Gasteiger partial charge in [-0.3, -0.25) is 0 Å². The summed E-state index contributed by atoms with van der Waals surface area (Å²) in [5, 5.41) is 9.90. The predicted octanol–water partition coefficient (Wildman–Crippen LogP) is 2.95. The zero-order chi connectivity index (χ0) is 10.3. The number of hydrogen-bond donors (Lipinski definition) is 1. The Labute approximate surface area is 99.5 Å². The Balaban J connectivity index is 2.50. The van der Waals surface area contributed by atoms with Crippen molar-refractivity contribution in [3.63, 3.8) is 0 Å². The molecule has 1 aromatic carbocycles. The molecule has 1 aliphatic heterocycles. The van der Waals surface area contributed by atoms with Crippen molar-refractivity contribution >= 4 is 31.9 Å². The molecule has 0 fully saturated rings. The highest BCUT2D eigenvalue weighted by atomic mass is 79.9. The summed E-state index contributed by atoms with van der Waals surface area (Å²) in [6.45, 7) is 2.50. The van der Waals surface area contributed by atoms with E-state index in [4.69, 9.17) is 4.74 Å². The van der Waals surface area contributed by atoms with Crippen LogP contribution in [0.2, 0.25) is 0 Å². The van der Waals surface area contributed by atoms with Crippen molar-refractivity contribution in [2.45, 2.75) is 17.9 Å². The van der Waals surface area contributed by atoms with Crippen LogP contribution in [0.1, 0.15) is 17.2 Å². The van der Waals surface area contributed by atoms with Crippen LogP contribution in [-0.4, -0.2) is 16.5 Å². The molecule has 1 aliphatic rings. The van der Waals surface area contributed by atoms with Crippen LogP contribution in [0.4, 0.5) is 0 Å². The highest BCUT2D eigenvalue weighted by Gasteiger charge is 2.27. The number of halogens is 2. The SMILES string of the molecule is Cc1cc2c(cc1Br)OCC(Br)C2O. The average molecular weight is 322 g/mol. The number of benzene rings is 1. The summed E-state index contributed by atoms with van der Waals surface area (Å²) in [5.74, 6) is 0.769. The molecule has 0 aliphatic carbocycles. The molecule has 0 saturated carbocycles. The maximum absolute atomic E-state index is 9.90. The lowest BCUT2D eigenvalue weighted by Gasteiger charge is -2.27. The van der Waals surface area contributed by atoms with Gasteiger partial charge < -0.3 is 9.84 Å². The van der Waals surface area contributed by atoms with Crippen molar-refractivity contribution < 1.29 is 9.84 Å². The summed E-state index contributed by atoms with van der Waals surface area (Å²) in [7, 11) is 0. The van der Waals surface area contributed by atoms with Crippen LogP contribution in [0, 0.1) is 6.92 Å². The maximum atomic E-state index is 9.90. The van der Waals surface area contributed by atoms with Crippen molar-refractivity contribution in [1.82, 2.24) is 0 Å². The monoisotopic (exact) mass is 320 g/mol. The smallest absolute Gasteiger partial charge is 0.126 e. The first-order valence-electron chi connectivity index (χ1n) is 4.34. The Kier molecular flexibility index (Phi) is 2.86. The Morgan fingerprint density at radius 3 is 2.93 bits per heavy atom. The molecule has 1 aromatic rings. The minimum atomic E-state index is -0.481. The van der Waals surface area contributed by atoms with Gasteiger partial charge in [0, 0.05) is 10.0 Å². The normalized spacial score (nSPS) is 25.4. The number of aryl methyl sites for hydroxylation is 1. The molecule has 0 amide bonds. The quantitative estimate of drug-likeness (QED) is 0.744. The van der Waals surface area contributed by atoms with Gasteiger partial charge in [0.2, 0.25) is 0 Å². The number of alkyl halides is 1. The topological polar surface area (TPSA) is 29.5 Å². The van der Waals surface area contributed by atoms with Crippen molar-refractivity contribution in [1.29, 1.82) is 0 Å². The van der Waals surface area contributed by atoms with Gasteiger partial charge in [-0.2, -0.15) is 0 Å². The molecular formula is C10H10Br2O2. The van der Waals surface area contributed by atoms with Crippen molar-refractivity contribution in [2.75, 3.05) is 6.61 Å². The predicted molar refractivity (Wildman–Crippen MR) is 62.0 cm³/mol. The van der Waals surface area contributed by atoms with Gasteiger partial charge >= 0.3 is 0 Å². The van der Waals surface area contributed by atoms with Gasteiger partial charge in [0.1, 0.15) is 12.4 Å². The van der Waals surface area contributed by atoms with Gasteiger partial charge in [-0.1, -0.05) is 31.9 Å². The number of ether oxygens (including phenoxy) is 1. The van der Waals surface area contributed by atoms with E-state index in [1.807, 2.05) is 19.1 Å². The first-order valence-corrected chi connectivity index (χ1v) is 6.05. The lowest BCUT2D eigenvalue weighted by atomic mass is 10.0. The molecule has 1 heterocycles. The van der Waals surface area contributed by atoms with Gasteiger partial charge in [-0.05, 0) is 24.6 Å². The fourth-order valence-corrected chi connectivity index (χ4v) is 2.24. The molecule has 0 bridgehead atoms. The van der Waals surface area contributed by atoms with Gasteiger partial charge in [0.05, 0.1) is 10.9 Å². The van der Waals surface area contributed by atoms with Crippen LogP contribution in [0.25, 0.3) is 0 Å². The third-order valence-corrected chi connectivity index (χ3v) is 3.97. The summed E-state index contributed by atoms with van der Waals surface area (Å²) < 4.78 is 6.52. The molecule has 2 unspecified atom stereocenters. The Bertz CT molecular complexity index is 365. The van der Waals surface area contributed by atoms with E-state index in [0.717, 1.165) is 21.3 Å². The molecule has 2 atom stereocenters. The van der Waals surface area contributed by atoms with Crippen LogP contribution < -0.4 is 4.74 Å². The minimum absolute atomic E-state index is 0.0180. The van der Waals surface area contributed by atoms with Gasteiger partial charge in [-0.15, -0.1) is 0 Å². The molecular weight excluding hydrogens is 312 g/mol. The van der Waals surface area contributed by atoms with Crippen LogP contribution in [0.5, 0.6) is 5.75 Å². The zero-order valence-corrected chi connectivity index (χ0v) is 10.8. The van der Waals surface area contributed by atoms with E-state index < -0.39 is 6.10 Å². The number of aliphatic hydroxyl groups excluding tert-OH is 1. The highest BCUT2D eigenvalue weighted by molar-refractivity contribution is 9.10. The van der Waals surface area contributed by atoms with Crippen molar-refractivity contribution in [3.05, 3.63) is 27.7 Å². The maximum Gasteiger partial charge on any atom is 0.126 e. The molecule has 1 N–H and O–H groups in total. The third kappa shape index (κ3) is 1.71. The summed E-state index contributed by atoms with van der Waals surface area (Å²) in [6, 6.07) is 3.87. The molecule has 14 heavy (non-hydrogen) atoms. The fraction of sp³-hybridized carbons (Fsp3) is 0.400. The summed E-state index contributed by atoms with van der Waals surface area (Å²) in [5.41, 5.74) is 1.96. The molecule has 0 saturated heterocycles. The van der Waals surface area contributed by atoms with Gasteiger partial charge in [0.25, 0.3) is 0 Å². The standard InChI is InChI=1S/C10H10Br2O2/c1-5-2-6-9(3-7(5)11)14-4-8(12)10(6)13/h2-3,8,10,13H,4H2,1H3. The van der Waals surface area contributed by atoms with Crippen molar-refractivity contribution in [2.24, 2.45) is 0 Å². The number of rotatable bonds is 0. The van der Waals surface area contributed by atoms with Gasteiger partial charge in [-0.25, -0.2) is 0 Å². The van der Waals surface area contributed by atoms with E-state index in [1.54, 1.807) is 0 Å². The number of fused-ring (bicyclic) bond motifs is 1. The summed E-state index contributed by atoms with van der Waals surface area (Å²) in [4.78, 5) is -0.0180. The summed E-state index contributed by atoms with van der Waals surface area (Å²) in [6.07, 6.45) is -0.481. The highest BCUT2D eigenvalue weighted by Crippen LogP contribution is 2.38. The van der Waals surface area contributed by atoms with Crippen LogP contribution in [0.15, 0.2) is 16.6 Å². The second kappa shape index (κ2) is 3.83.